The topological polar surface area (TPSA) is 77.2 Å². The minimum absolute atomic E-state index is 0.0942. The van der Waals surface area contributed by atoms with Crippen molar-refractivity contribution < 1.29 is 18.3 Å². The first-order chi connectivity index (χ1) is 12.0. The number of benzene rings is 1. The first-order valence-corrected chi connectivity index (χ1v) is 7.83. The van der Waals surface area contributed by atoms with E-state index >= 15 is 0 Å². The third kappa shape index (κ3) is 3.60. The van der Waals surface area contributed by atoms with Crippen LogP contribution in [0.25, 0.3) is 11.1 Å². The van der Waals surface area contributed by atoms with Crippen molar-refractivity contribution in [3.63, 3.8) is 0 Å². The molecule has 0 fully saturated rings. The molecule has 3 rings (SSSR count). The molecule has 0 aliphatic carbocycles. The molecule has 1 aromatic carbocycles. The smallest absolute Gasteiger partial charge is 0.258 e. The molecule has 0 saturated heterocycles. The van der Waals surface area contributed by atoms with Crippen molar-refractivity contribution in [2.24, 2.45) is 0 Å². The quantitative estimate of drug-likeness (QED) is 0.771. The van der Waals surface area contributed by atoms with E-state index in [1.807, 2.05) is 13.8 Å². The number of nitrogens with zero attached hydrogens (tertiary/aromatic N) is 2. The summed E-state index contributed by atoms with van der Waals surface area (Å²) in [6.07, 6.45) is 0. The van der Waals surface area contributed by atoms with Crippen LogP contribution >= 0.6 is 0 Å². The zero-order valence-corrected chi connectivity index (χ0v) is 14.2. The normalized spacial score (nSPS) is 10.9. The molecule has 0 atom stereocenters. The predicted octanol–water partition coefficient (Wildman–Crippen LogP) is 2.98. The monoisotopic (exact) mass is 343 g/mol. The lowest BCUT2D eigenvalue weighted by molar-refractivity contribution is -0.123. The number of halogens is 1. The second-order valence-corrected chi connectivity index (χ2v) is 5.70. The van der Waals surface area contributed by atoms with Crippen molar-refractivity contribution in [3.05, 3.63) is 52.8 Å². The van der Waals surface area contributed by atoms with Gasteiger partial charge >= 0.3 is 0 Å². The number of amides is 1. The number of nitrogens with one attached hydrogen (secondary N) is 1. The fourth-order valence-corrected chi connectivity index (χ4v) is 2.44. The molecule has 6 nitrogen and oxygen atoms in total. The van der Waals surface area contributed by atoms with E-state index in [4.69, 9.17) is 9.15 Å². The highest BCUT2D eigenvalue weighted by Gasteiger charge is 2.17. The maximum atomic E-state index is 13.5. The standard InChI is InChI=1S/C18H18FN3O3/c1-10-11(2)25-18-16(10)17(21-12(3)22-18)24-9-15(23)20-8-13-6-4-5-7-14(13)19/h4-7H,8-9H2,1-3H3,(H,20,23). The average Bonchev–Trinajstić information content (AvgIpc) is 2.86. The van der Waals surface area contributed by atoms with Crippen molar-refractivity contribution >= 4 is 17.0 Å². The first kappa shape index (κ1) is 16.9. The summed E-state index contributed by atoms with van der Waals surface area (Å²) in [5.41, 5.74) is 1.72. The number of fused-ring (bicyclic) bond motifs is 1. The van der Waals surface area contributed by atoms with Gasteiger partial charge < -0.3 is 14.5 Å². The van der Waals surface area contributed by atoms with Crippen LogP contribution in [-0.4, -0.2) is 22.5 Å². The van der Waals surface area contributed by atoms with Gasteiger partial charge in [-0.2, -0.15) is 9.97 Å². The van der Waals surface area contributed by atoms with Crippen molar-refractivity contribution in [1.82, 2.24) is 15.3 Å². The Hall–Kier alpha value is -2.96. The zero-order chi connectivity index (χ0) is 18.0. The van der Waals surface area contributed by atoms with Gasteiger partial charge in [0.05, 0.1) is 0 Å². The highest BCUT2D eigenvalue weighted by Crippen LogP contribution is 2.30. The van der Waals surface area contributed by atoms with Crippen LogP contribution < -0.4 is 10.1 Å². The Kier molecular flexibility index (Phi) is 4.65. The van der Waals surface area contributed by atoms with Gasteiger partial charge in [0, 0.05) is 17.7 Å². The van der Waals surface area contributed by atoms with Crippen LogP contribution in [-0.2, 0) is 11.3 Å². The van der Waals surface area contributed by atoms with E-state index in [0.717, 1.165) is 11.3 Å². The number of carbonyl (C=O) groups excluding carboxylic acids is 1. The van der Waals surface area contributed by atoms with E-state index in [2.05, 4.69) is 15.3 Å². The maximum absolute atomic E-state index is 13.5. The maximum Gasteiger partial charge on any atom is 0.258 e. The molecule has 0 spiro atoms. The molecule has 7 heteroatoms. The number of hydrogen-bond acceptors (Lipinski definition) is 5. The second-order valence-electron chi connectivity index (χ2n) is 5.70. The summed E-state index contributed by atoms with van der Waals surface area (Å²) in [6.45, 7) is 5.29. The SMILES string of the molecule is Cc1nc(OCC(=O)NCc2ccccc2F)c2c(C)c(C)oc2n1. The molecule has 3 aromatic rings. The summed E-state index contributed by atoms with van der Waals surface area (Å²) in [5, 5.41) is 3.28. The highest BCUT2D eigenvalue weighted by atomic mass is 19.1. The van der Waals surface area contributed by atoms with Crippen LogP contribution in [0.1, 0.15) is 22.7 Å². The van der Waals surface area contributed by atoms with E-state index in [-0.39, 0.29) is 24.9 Å². The zero-order valence-electron chi connectivity index (χ0n) is 14.2. The molecule has 0 aliphatic heterocycles. The molecule has 1 amide bonds. The van der Waals surface area contributed by atoms with Crippen molar-refractivity contribution in [2.45, 2.75) is 27.3 Å². The first-order valence-electron chi connectivity index (χ1n) is 7.83. The minimum atomic E-state index is -0.370. The summed E-state index contributed by atoms with van der Waals surface area (Å²) < 4.78 is 24.7. The molecule has 0 saturated carbocycles. The lowest BCUT2D eigenvalue weighted by atomic mass is 10.2. The van der Waals surface area contributed by atoms with Crippen molar-refractivity contribution in [3.8, 4) is 5.88 Å². The molecule has 0 radical (unpaired) electrons. The molecule has 130 valence electrons. The van der Waals surface area contributed by atoms with E-state index in [0.29, 0.717) is 28.4 Å². The van der Waals surface area contributed by atoms with Crippen LogP contribution in [0.4, 0.5) is 4.39 Å². The Morgan fingerprint density at radius 1 is 1.24 bits per heavy atom. The van der Waals surface area contributed by atoms with Crippen LogP contribution in [0.3, 0.4) is 0 Å². The highest BCUT2D eigenvalue weighted by molar-refractivity contribution is 5.84. The largest absolute Gasteiger partial charge is 0.467 e. The Morgan fingerprint density at radius 3 is 2.76 bits per heavy atom. The summed E-state index contributed by atoms with van der Waals surface area (Å²) in [4.78, 5) is 20.5. The second kappa shape index (κ2) is 6.88. The number of hydrogen-bond donors (Lipinski definition) is 1. The van der Waals surface area contributed by atoms with Gasteiger partial charge in [0.2, 0.25) is 11.6 Å². The minimum Gasteiger partial charge on any atom is -0.467 e. The van der Waals surface area contributed by atoms with Gasteiger partial charge in [-0.15, -0.1) is 0 Å². The molecular weight excluding hydrogens is 325 g/mol. The van der Waals surface area contributed by atoms with Crippen LogP contribution in [0.5, 0.6) is 5.88 Å². The molecule has 0 bridgehead atoms. The van der Waals surface area contributed by atoms with Gasteiger partial charge in [-0.05, 0) is 26.8 Å². The Morgan fingerprint density at radius 2 is 2.00 bits per heavy atom. The lowest BCUT2D eigenvalue weighted by Gasteiger charge is -2.09. The number of rotatable bonds is 5. The van der Waals surface area contributed by atoms with Gasteiger partial charge in [0.1, 0.15) is 22.8 Å². The average molecular weight is 343 g/mol. The molecular formula is C18H18FN3O3. The van der Waals surface area contributed by atoms with Gasteiger partial charge in [-0.25, -0.2) is 4.39 Å². The third-order valence-corrected chi connectivity index (χ3v) is 3.88. The fourth-order valence-electron chi connectivity index (χ4n) is 2.44. The number of aryl methyl sites for hydroxylation is 3. The van der Waals surface area contributed by atoms with Crippen LogP contribution in [0, 0.1) is 26.6 Å². The van der Waals surface area contributed by atoms with Crippen molar-refractivity contribution in [1.29, 1.82) is 0 Å². The van der Waals surface area contributed by atoms with E-state index < -0.39 is 0 Å². The fraction of sp³-hybridized carbons (Fsp3) is 0.278. The number of ether oxygens (including phenoxy) is 1. The predicted molar refractivity (Wildman–Crippen MR) is 89.8 cm³/mol. The Labute approximate surface area is 144 Å². The van der Waals surface area contributed by atoms with Crippen molar-refractivity contribution in [2.75, 3.05) is 6.61 Å². The number of furan rings is 1. The van der Waals surface area contributed by atoms with Crippen LogP contribution in [0.15, 0.2) is 28.7 Å². The molecule has 1 N–H and O–H groups in total. The molecule has 25 heavy (non-hydrogen) atoms. The third-order valence-electron chi connectivity index (χ3n) is 3.88. The molecule has 0 aliphatic rings. The van der Waals surface area contributed by atoms with E-state index in [1.165, 1.54) is 6.07 Å². The van der Waals surface area contributed by atoms with Gasteiger partial charge in [0.15, 0.2) is 6.61 Å². The van der Waals surface area contributed by atoms with Crippen LogP contribution in [0.2, 0.25) is 0 Å². The Bertz CT molecular complexity index is 937. The molecule has 2 heterocycles. The molecule has 2 aromatic heterocycles. The number of carbonyl (C=O) groups is 1. The van der Waals surface area contributed by atoms with Gasteiger partial charge in [-0.3, -0.25) is 4.79 Å². The summed E-state index contributed by atoms with van der Waals surface area (Å²) >= 11 is 0. The Balaban J connectivity index is 1.68. The molecule has 0 unspecified atom stereocenters. The van der Waals surface area contributed by atoms with E-state index in [1.54, 1.807) is 25.1 Å². The van der Waals surface area contributed by atoms with Gasteiger partial charge in [0.25, 0.3) is 5.91 Å². The summed E-state index contributed by atoms with van der Waals surface area (Å²) in [7, 11) is 0. The van der Waals surface area contributed by atoms with Gasteiger partial charge in [-0.1, -0.05) is 18.2 Å². The summed E-state index contributed by atoms with van der Waals surface area (Å²) in [6, 6.07) is 6.28. The van der Waals surface area contributed by atoms with E-state index in [9.17, 15) is 9.18 Å². The summed E-state index contributed by atoms with van der Waals surface area (Å²) in [5.74, 6) is 0.788. The lowest BCUT2D eigenvalue weighted by Crippen LogP contribution is -2.29. The number of aromatic nitrogens is 2.